The van der Waals surface area contributed by atoms with Gasteiger partial charge in [0, 0.05) is 13.1 Å². The Hall–Kier alpha value is -2.40. The highest BCUT2D eigenvalue weighted by Crippen LogP contribution is 2.30. The summed E-state index contributed by atoms with van der Waals surface area (Å²) in [5.41, 5.74) is 0. The average Bonchev–Trinajstić information content (AvgIpc) is 2.61. The fourth-order valence-electron chi connectivity index (χ4n) is 2.40. The molecule has 2 aromatic carbocycles. The molecule has 0 aliphatic carbocycles. The monoisotopic (exact) mass is 315 g/mol. The lowest BCUT2D eigenvalue weighted by Gasteiger charge is -2.26. The van der Waals surface area contributed by atoms with E-state index < -0.39 is 0 Å². The Balaban J connectivity index is 1.38. The van der Waals surface area contributed by atoms with E-state index in [-0.39, 0.29) is 6.10 Å². The smallest absolute Gasteiger partial charge is 0.161 e. The third-order valence-electron chi connectivity index (χ3n) is 3.55. The summed E-state index contributed by atoms with van der Waals surface area (Å²) in [6, 6.07) is 15.3. The molecule has 1 N–H and O–H groups in total. The zero-order chi connectivity index (χ0) is 15.9. The van der Waals surface area contributed by atoms with Crippen molar-refractivity contribution in [2.45, 2.75) is 6.10 Å². The van der Waals surface area contributed by atoms with Crippen LogP contribution in [0.3, 0.4) is 0 Å². The number of rotatable bonds is 7. The molecule has 0 aromatic heterocycles. The van der Waals surface area contributed by atoms with Gasteiger partial charge in [0.2, 0.25) is 0 Å². The molecule has 0 radical (unpaired) electrons. The minimum absolute atomic E-state index is 0.0103. The van der Waals surface area contributed by atoms with Gasteiger partial charge < -0.3 is 24.3 Å². The van der Waals surface area contributed by atoms with Crippen molar-refractivity contribution in [3.63, 3.8) is 0 Å². The Kier molecular flexibility index (Phi) is 5.21. The number of hydrogen-bond acceptors (Lipinski definition) is 5. The Bertz CT molecular complexity index is 632. The van der Waals surface area contributed by atoms with Crippen molar-refractivity contribution in [1.82, 2.24) is 5.32 Å². The van der Waals surface area contributed by atoms with Gasteiger partial charge >= 0.3 is 0 Å². The molecule has 0 amide bonds. The minimum atomic E-state index is 0.0103. The lowest BCUT2D eigenvalue weighted by atomic mass is 10.2. The number of benzene rings is 2. The first-order valence-corrected chi connectivity index (χ1v) is 7.72. The molecule has 5 heteroatoms. The number of methoxy groups -OCH3 is 1. The Labute approximate surface area is 136 Å². The van der Waals surface area contributed by atoms with Gasteiger partial charge in [0.05, 0.1) is 7.11 Å². The second-order valence-corrected chi connectivity index (χ2v) is 5.20. The zero-order valence-electron chi connectivity index (χ0n) is 13.2. The average molecular weight is 315 g/mol. The van der Waals surface area contributed by atoms with Crippen molar-refractivity contribution in [2.24, 2.45) is 0 Å². The maximum atomic E-state index is 5.88. The molecule has 2 aromatic rings. The van der Waals surface area contributed by atoms with E-state index >= 15 is 0 Å². The summed E-state index contributed by atoms with van der Waals surface area (Å²) in [5.74, 6) is 3.11. The van der Waals surface area contributed by atoms with Crippen molar-refractivity contribution in [2.75, 3.05) is 33.4 Å². The first-order chi connectivity index (χ1) is 11.4. The van der Waals surface area contributed by atoms with Crippen molar-refractivity contribution >= 4 is 0 Å². The number of nitrogens with one attached hydrogen (secondary N) is 1. The highest BCUT2D eigenvalue weighted by molar-refractivity contribution is 5.41. The van der Waals surface area contributed by atoms with E-state index in [1.54, 1.807) is 7.11 Å². The van der Waals surface area contributed by atoms with Crippen LogP contribution in [0.4, 0.5) is 0 Å². The van der Waals surface area contributed by atoms with E-state index in [9.17, 15) is 0 Å². The number of ether oxygens (including phenoxy) is 4. The van der Waals surface area contributed by atoms with Crippen LogP contribution < -0.4 is 24.3 Å². The van der Waals surface area contributed by atoms with Crippen LogP contribution in [0.15, 0.2) is 48.5 Å². The van der Waals surface area contributed by atoms with Crippen LogP contribution in [0, 0.1) is 0 Å². The molecule has 0 saturated heterocycles. The van der Waals surface area contributed by atoms with Crippen LogP contribution in [0.2, 0.25) is 0 Å². The number of para-hydroxylation sites is 4. The van der Waals surface area contributed by atoms with Gasteiger partial charge in [0.1, 0.15) is 19.3 Å². The van der Waals surface area contributed by atoms with Gasteiger partial charge in [-0.1, -0.05) is 24.3 Å². The molecule has 23 heavy (non-hydrogen) atoms. The molecule has 0 saturated carbocycles. The first kappa shape index (κ1) is 15.5. The van der Waals surface area contributed by atoms with Crippen LogP contribution >= 0.6 is 0 Å². The van der Waals surface area contributed by atoms with E-state index in [4.69, 9.17) is 18.9 Å². The zero-order valence-corrected chi connectivity index (χ0v) is 13.2. The standard InChI is InChI=1S/C18H21NO4/c1-20-15-6-2-3-7-16(15)21-11-10-19-12-14-13-22-17-8-4-5-9-18(17)23-14/h2-9,14,19H,10-13H2,1H3. The summed E-state index contributed by atoms with van der Waals surface area (Å²) < 4.78 is 22.5. The van der Waals surface area contributed by atoms with Crippen LogP contribution in [0.1, 0.15) is 0 Å². The minimum Gasteiger partial charge on any atom is -0.493 e. The number of fused-ring (bicyclic) bond motifs is 1. The third kappa shape index (κ3) is 4.07. The molecule has 0 spiro atoms. The van der Waals surface area contributed by atoms with Gasteiger partial charge in [-0.2, -0.15) is 0 Å². The van der Waals surface area contributed by atoms with Crippen molar-refractivity contribution in [3.05, 3.63) is 48.5 Å². The SMILES string of the molecule is COc1ccccc1OCCNCC1COc2ccccc2O1. The normalized spacial score (nSPS) is 16.0. The second-order valence-electron chi connectivity index (χ2n) is 5.20. The molecule has 122 valence electrons. The molecular formula is C18H21NO4. The molecule has 0 fully saturated rings. The van der Waals surface area contributed by atoms with Crippen molar-refractivity contribution in [1.29, 1.82) is 0 Å². The van der Waals surface area contributed by atoms with Gasteiger partial charge in [0.15, 0.2) is 23.0 Å². The third-order valence-corrected chi connectivity index (χ3v) is 3.55. The summed E-state index contributed by atoms with van der Waals surface area (Å²) in [6.45, 7) is 2.55. The summed E-state index contributed by atoms with van der Waals surface area (Å²) in [5, 5.41) is 3.32. The van der Waals surface area contributed by atoms with Crippen molar-refractivity contribution in [3.8, 4) is 23.0 Å². The largest absolute Gasteiger partial charge is 0.493 e. The fourth-order valence-corrected chi connectivity index (χ4v) is 2.40. The molecule has 1 aliphatic rings. The summed E-state index contributed by atoms with van der Waals surface area (Å²) in [7, 11) is 1.64. The van der Waals surface area contributed by atoms with Crippen molar-refractivity contribution < 1.29 is 18.9 Å². The Morgan fingerprint density at radius 3 is 2.61 bits per heavy atom. The van der Waals surface area contributed by atoms with Crippen LogP contribution in [0.5, 0.6) is 23.0 Å². The van der Waals surface area contributed by atoms with E-state index in [1.807, 2.05) is 48.5 Å². The molecule has 1 aliphatic heterocycles. The maximum Gasteiger partial charge on any atom is 0.161 e. The molecular weight excluding hydrogens is 294 g/mol. The predicted molar refractivity (Wildman–Crippen MR) is 87.7 cm³/mol. The van der Waals surface area contributed by atoms with E-state index in [0.717, 1.165) is 29.5 Å². The lowest BCUT2D eigenvalue weighted by Crippen LogP contribution is -2.39. The molecule has 0 bridgehead atoms. The van der Waals surface area contributed by atoms with Gasteiger partial charge in [0.25, 0.3) is 0 Å². The van der Waals surface area contributed by atoms with Gasteiger partial charge in [-0.15, -0.1) is 0 Å². The quantitative estimate of drug-likeness (QED) is 0.796. The highest BCUT2D eigenvalue weighted by Gasteiger charge is 2.19. The van der Waals surface area contributed by atoms with Gasteiger partial charge in [-0.3, -0.25) is 0 Å². The molecule has 3 rings (SSSR count). The predicted octanol–water partition coefficient (Wildman–Crippen LogP) is 2.50. The molecule has 5 nitrogen and oxygen atoms in total. The first-order valence-electron chi connectivity index (χ1n) is 7.72. The molecule has 1 atom stereocenters. The van der Waals surface area contributed by atoms with Gasteiger partial charge in [-0.25, -0.2) is 0 Å². The van der Waals surface area contributed by atoms with Crippen LogP contribution in [0.25, 0.3) is 0 Å². The summed E-state index contributed by atoms with van der Waals surface area (Å²) in [6.07, 6.45) is 0.0103. The second kappa shape index (κ2) is 7.74. The van der Waals surface area contributed by atoms with Gasteiger partial charge in [-0.05, 0) is 24.3 Å². The Morgan fingerprint density at radius 1 is 1.04 bits per heavy atom. The molecule has 1 heterocycles. The topological polar surface area (TPSA) is 49.0 Å². The maximum absolute atomic E-state index is 5.88. The summed E-state index contributed by atoms with van der Waals surface area (Å²) >= 11 is 0. The Morgan fingerprint density at radius 2 is 1.78 bits per heavy atom. The number of hydrogen-bond donors (Lipinski definition) is 1. The molecule has 1 unspecified atom stereocenters. The van der Waals surface area contributed by atoms with E-state index in [2.05, 4.69) is 5.32 Å². The lowest BCUT2D eigenvalue weighted by molar-refractivity contribution is 0.0897. The summed E-state index contributed by atoms with van der Waals surface area (Å²) in [4.78, 5) is 0. The van der Waals surface area contributed by atoms with Crippen LogP contribution in [-0.2, 0) is 0 Å². The highest BCUT2D eigenvalue weighted by atomic mass is 16.6. The van der Waals surface area contributed by atoms with E-state index in [0.29, 0.717) is 19.8 Å². The van der Waals surface area contributed by atoms with Crippen LogP contribution in [-0.4, -0.2) is 39.5 Å². The van der Waals surface area contributed by atoms with E-state index in [1.165, 1.54) is 0 Å². The fraction of sp³-hybridized carbons (Fsp3) is 0.333.